The zero-order valence-corrected chi connectivity index (χ0v) is 13.1. The lowest BCUT2D eigenvalue weighted by Crippen LogP contribution is -2.22. The van der Waals surface area contributed by atoms with E-state index in [9.17, 15) is 9.59 Å². The predicted molar refractivity (Wildman–Crippen MR) is 79.6 cm³/mol. The summed E-state index contributed by atoms with van der Waals surface area (Å²) in [7, 11) is 0. The minimum Gasteiger partial charge on any atom is -0.346 e. The van der Waals surface area contributed by atoms with Crippen molar-refractivity contribution in [2.24, 2.45) is 0 Å². The van der Waals surface area contributed by atoms with Gasteiger partial charge in [0.1, 0.15) is 5.69 Å². The van der Waals surface area contributed by atoms with Crippen LogP contribution < -0.4 is 10.6 Å². The Morgan fingerprint density at radius 1 is 1.42 bits per heavy atom. The largest absolute Gasteiger partial charge is 0.346 e. The van der Waals surface area contributed by atoms with Crippen molar-refractivity contribution < 1.29 is 9.59 Å². The monoisotopic (exact) mass is 359 g/mol. The highest BCUT2D eigenvalue weighted by Gasteiger charge is 2.11. The highest BCUT2D eigenvalue weighted by molar-refractivity contribution is 9.11. The second kappa shape index (κ2) is 6.27. The Bertz CT molecular complexity index is 609. The average molecular weight is 360 g/mol. The highest BCUT2D eigenvalue weighted by Crippen LogP contribution is 2.22. The molecular weight excluding hydrogens is 350 g/mol. The molecule has 0 aromatic carbocycles. The number of anilines is 1. The van der Waals surface area contributed by atoms with Gasteiger partial charge in [0.25, 0.3) is 5.91 Å². The number of thiazole rings is 1. The lowest BCUT2D eigenvalue weighted by Gasteiger charge is -2.00. The summed E-state index contributed by atoms with van der Waals surface area (Å²) in [4.78, 5) is 27.8. The smallest absolute Gasteiger partial charge is 0.271 e. The molecule has 2 heterocycles. The van der Waals surface area contributed by atoms with Gasteiger partial charge in [0.05, 0.1) is 10.3 Å². The van der Waals surface area contributed by atoms with Crippen LogP contribution >= 0.6 is 38.6 Å². The molecular formula is C11H10BrN3O2S2. The van der Waals surface area contributed by atoms with E-state index in [2.05, 4.69) is 31.5 Å². The molecule has 8 heteroatoms. The number of nitrogens with one attached hydrogen (secondary N) is 2. The van der Waals surface area contributed by atoms with Gasteiger partial charge in [-0.2, -0.15) is 0 Å². The van der Waals surface area contributed by atoms with Crippen LogP contribution in [-0.2, 0) is 11.3 Å². The molecule has 100 valence electrons. The van der Waals surface area contributed by atoms with Crippen LogP contribution in [0.2, 0.25) is 0 Å². The molecule has 0 unspecified atom stereocenters. The van der Waals surface area contributed by atoms with E-state index in [1.165, 1.54) is 18.3 Å². The van der Waals surface area contributed by atoms with Gasteiger partial charge >= 0.3 is 0 Å². The van der Waals surface area contributed by atoms with Crippen LogP contribution in [0.1, 0.15) is 22.3 Å². The maximum Gasteiger partial charge on any atom is 0.271 e. The lowest BCUT2D eigenvalue weighted by molar-refractivity contribution is -0.114. The van der Waals surface area contributed by atoms with E-state index in [1.807, 2.05) is 12.1 Å². The number of amides is 2. The zero-order valence-electron chi connectivity index (χ0n) is 9.90. The zero-order chi connectivity index (χ0) is 13.8. The number of hydrogen-bond donors (Lipinski definition) is 2. The number of aromatic nitrogens is 1. The van der Waals surface area contributed by atoms with Crippen LogP contribution in [0.15, 0.2) is 21.3 Å². The quantitative estimate of drug-likeness (QED) is 0.881. The molecule has 0 aliphatic carbocycles. The average Bonchev–Trinajstić information content (AvgIpc) is 2.95. The molecule has 0 atom stereocenters. The fourth-order valence-electron chi connectivity index (χ4n) is 1.29. The van der Waals surface area contributed by atoms with Gasteiger partial charge in [-0.3, -0.25) is 9.59 Å². The minimum atomic E-state index is -0.252. The molecule has 2 aromatic rings. The number of rotatable bonds is 4. The van der Waals surface area contributed by atoms with E-state index in [4.69, 9.17) is 0 Å². The van der Waals surface area contributed by atoms with Gasteiger partial charge in [-0.1, -0.05) is 0 Å². The first-order valence-electron chi connectivity index (χ1n) is 5.30. The van der Waals surface area contributed by atoms with E-state index < -0.39 is 0 Å². The van der Waals surface area contributed by atoms with Crippen LogP contribution in [0, 0.1) is 0 Å². The van der Waals surface area contributed by atoms with Crippen LogP contribution in [0.3, 0.4) is 0 Å². The third-order valence-corrected chi connectivity index (χ3v) is 4.45. The van der Waals surface area contributed by atoms with Crippen molar-refractivity contribution in [3.8, 4) is 0 Å². The van der Waals surface area contributed by atoms with Gasteiger partial charge < -0.3 is 10.6 Å². The first kappa shape index (κ1) is 14.2. The first-order chi connectivity index (χ1) is 9.04. The maximum absolute atomic E-state index is 11.8. The summed E-state index contributed by atoms with van der Waals surface area (Å²) in [5.41, 5.74) is 0.310. The Balaban J connectivity index is 1.92. The summed E-state index contributed by atoms with van der Waals surface area (Å²) in [5, 5.41) is 7.36. The van der Waals surface area contributed by atoms with Crippen molar-refractivity contribution in [2.75, 3.05) is 5.32 Å². The Labute approximate surface area is 126 Å². The third kappa shape index (κ3) is 4.12. The second-order valence-corrected chi connectivity index (χ2v) is 7.01. The molecule has 0 aliphatic heterocycles. The van der Waals surface area contributed by atoms with Gasteiger partial charge in [0.15, 0.2) is 5.13 Å². The number of thiophene rings is 1. The van der Waals surface area contributed by atoms with Crippen molar-refractivity contribution >= 4 is 55.5 Å². The standard InChI is InChI=1S/C11H10BrN3O2S2/c1-6(16)14-11-15-8(5-18-11)10(17)13-4-7-2-3-9(12)19-7/h2-3,5H,4H2,1H3,(H,13,17)(H,14,15,16). The number of carbonyl (C=O) groups excluding carboxylic acids is 2. The Morgan fingerprint density at radius 2 is 2.21 bits per heavy atom. The van der Waals surface area contributed by atoms with Crippen LogP contribution in [0.25, 0.3) is 0 Å². The van der Waals surface area contributed by atoms with Gasteiger partial charge in [0.2, 0.25) is 5.91 Å². The van der Waals surface area contributed by atoms with Crippen molar-refractivity contribution in [1.82, 2.24) is 10.3 Å². The summed E-state index contributed by atoms with van der Waals surface area (Å²) >= 11 is 6.15. The van der Waals surface area contributed by atoms with Gasteiger partial charge in [0, 0.05) is 17.2 Å². The minimum absolute atomic E-state index is 0.204. The predicted octanol–water partition coefficient (Wildman–Crippen LogP) is 2.86. The third-order valence-electron chi connectivity index (χ3n) is 2.07. The Hall–Kier alpha value is -1.25. The lowest BCUT2D eigenvalue weighted by atomic mass is 10.4. The number of nitrogens with zero attached hydrogens (tertiary/aromatic N) is 1. The SMILES string of the molecule is CC(=O)Nc1nc(C(=O)NCc2ccc(Br)s2)cs1. The van der Waals surface area contributed by atoms with E-state index in [0.717, 1.165) is 8.66 Å². The molecule has 2 amide bonds. The molecule has 19 heavy (non-hydrogen) atoms. The summed E-state index contributed by atoms with van der Waals surface area (Å²) in [6, 6.07) is 3.88. The van der Waals surface area contributed by atoms with Crippen molar-refractivity contribution in [3.63, 3.8) is 0 Å². The summed E-state index contributed by atoms with van der Waals surface area (Å²) in [5.74, 6) is -0.456. The number of hydrogen-bond acceptors (Lipinski definition) is 5. The molecule has 0 saturated carbocycles. The van der Waals surface area contributed by atoms with Crippen LogP contribution in [0.5, 0.6) is 0 Å². The molecule has 2 aromatic heterocycles. The molecule has 2 N–H and O–H groups in total. The van der Waals surface area contributed by atoms with Gasteiger partial charge in [-0.05, 0) is 28.1 Å². The van der Waals surface area contributed by atoms with E-state index in [0.29, 0.717) is 17.4 Å². The van der Waals surface area contributed by atoms with E-state index in [1.54, 1.807) is 16.7 Å². The van der Waals surface area contributed by atoms with Gasteiger partial charge in [-0.25, -0.2) is 4.98 Å². The summed E-state index contributed by atoms with van der Waals surface area (Å²) in [6.07, 6.45) is 0. The van der Waals surface area contributed by atoms with Crippen molar-refractivity contribution in [3.05, 3.63) is 31.9 Å². The van der Waals surface area contributed by atoms with Gasteiger partial charge in [-0.15, -0.1) is 22.7 Å². The van der Waals surface area contributed by atoms with Crippen molar-refractivity contribution in [1.29, 1.82) is 0 Å². The Morgan fingerprint density at radius 3 is 2.84 bits per heavy atom. The van der Waals surface area contributed by atoms with Crippen molar-refractivity contribution in [2.45, 2.75) is 13.5 Å². The molecule has 2 rings (SSSR count). The molecule has 0 saturated heterocycles. The topological polar surface area (TPSA) is 71.1 Å². The second-order valence-electron chi connectivity index (χ2n) is 3.61. The molecule has 0 bridgehead atoms. The fraction of sp³-hybridized carbons (Fsp3) is 0.182. The maximum atomic E-state index is 11.8. The first-order valence-corrected chi connectivity index (χ1v) is 7.79. The Kier molecular flexibility index (Phi) is 4.67. The normalized spacial score (nSPS) is 10.2. The fourth-order valence-corrected chi connectivity index (χ4v) is 3.45. The number of carbonyl (C=O) groups is 2. The highest BCUT2D eigenvalue weighted by atomic mass is 79.9. The molecule has 5 nitrogen and oxygen atoms in total. The molecule has 0 fully saturated rings. The molecule has 0 radical (unpaired) electrons. The summed E-state index contributed by atoms with van der Waals surface area (Å²) in [6.45, 7) is 1.86. The van der Waals surface area contributed by atoms with E-state index in [-0.39, 0.29) is 11.8 Å². The van der Waals surface area contributed by atoms with Crippen LogP contribution in [-0.4, -0.2) is 16.8 Å². The van der Waals surface area contributed by atoms with E-state index >= 15 is 0 Å². The molecule has 0 aliphatic rings. The summed E-state index contributed by atoms with van der Waals surface area (Å²) < 4.78 is 1.03. The number of halogens is 1. The van der Waals surface area contributed by atoms with Crippen LogP contribution in [0.4, 0.5) is 5.13 Å². The molecule has 0 spiro atoms.